The maximum Gasteiger partial charge on any atom is 0.270 e. The number of thioether (sulfide) groups is 1. The van der Waals surface area contributed by atoms with Crippen LogP contribution in [0.3, 0.4) is 0 Å². The molecule has 1 aliphatic carbocycles. The van der Waals surface area contributed by atoms with E-state index in [-0.39, 0.29) is 29.8 Å². The summed E-state index contributed by atoms with van der Waals surface area (Å²) in [4.78, 5) is 31.4. The molecule has 1 heterocycles. The Labute approximate surface area is 185 Å². The average Bonchev–Trinajstić information content (AvgIpc) is 2.78. The van der Waals surface area contributed by atoms with Crippen molar-refractivity contribution in [2.45, 2.75) is 50.2 Å². The van der Waals surface area contributed by atoms with Gasteiger partial charge in [-0.05, 0) is 44.2 Å². The summed E-state index contributed by atoms with van der Waals surface area (Å²) in [7, 11) is 0. The molecule has 8 nitrogen and oxygen atoms in total. The summed E-state index contributed by atoms with van der Waals surface area (Å²) >= 11 is 1.28. The Morgan fingerprint density at radius 3 is 2.74 bits per heavy atom. The fourth-order valence-corrected chi connectivity index (χ4v) is 3.94. The fourth-order valence-electron chi connectivity index (χ4n) is 3.56. The third kappa shape index (κ3) is 5.79. The third-order valence-electron chi connectivity index (χ3n) is 5.05. The second-order valence-corrected chi connectivity index (χ2v) is 7.99. The number of nitrogens with zero attached hydrogens (tertiary/aromatic N) is 2. The molecule has 0 radical (unpaired) electrons. The van der Waals surface area contributed by atoms with Gasteiger partial charge in [0, 0.05) is 11.6 Å². The average molecular weight is 443 g/mol. The van der Waals surface area contributed by atoms with E-state index >= 15 is 0 Å². The Morgan fingerprint density at radius 2 is 2.06 bits per heavy atom. The number of hydrogen-bond acceptors (Lipinski definition) is 7. The van der Waals surface area contributed by atoms with Gasteiger partial charge in [-0.2, -0.15) is 5.26 Å². The topological polar surface area (TPSA) is 117 Å². The monoisotopic (exact) mass is 442 g/mol. The van der Waals surface area contributed by atoms with Gasteiger partial charge in [-0.25, -0.2) is 4.98 Å². The van der Waals surface area contributed by atoms with Crippen LogP contribution >= 0.6 is 11.8 Å². The van der Waals surface area contributed by atoms with E-state index in [9.17, 15) is 14.9 Å². The van der Waals surface area contributed by atoms with Crippen LogP contribution < -0.4 is 20.3 Å². The maximum absolute atomic E-state index is 12.3. The van der Waals surface area contributed by atoms with Crippen LogP contribution in [-0.2, 0) is 4.79 Å². The first kappa shape index (κ1) is 22.7. The first-order chi connectivity index (χ1) is 15.0. The maximum atomic E-state index is 12.3. The van der Waals surface area contributed by atoms with E-state index < -0.39 is 5.56 Å². The van der Waals surface area contributed by atoms with E-state index in [4.69, 9.17) is 9.47 Å². The highest BCUT2D eigenvalue weighted by atomic mass is 32.2. The first-order valence-corrected chi connectivity index (χ1v) is 11.6. The molecule has 0 atom stereocenters. The van der Waals surface area contributed by atoms with Gasteiger partial charge in [0.2, 0.25) is 0 Å². The zero-order valence-corrected chi connectivity index (χ0v) is 18.5. The number of nitriles is 1. The van der Waals surface area contributed by atoms with Crippen molar-refractivity contribution in [3.63, 3.8) is 0 Å². The number of H-pyrrole nitrogens is 1. The smallest absolute Gasteiger partial charge is 0.270 e. The first-order valence-electron chi connectivity index (χ1n) is 10.3. The number of rotatable bonds is 8. The molecule has 2 aromatic rings. The molecule has 0 saturated heterocycles. The SMILES string of the molecule is CCOc1cc(-c2nc(SC)[nH]c(=O)c2C#N)ccc1OCC(=O)NC1CCCCC1. The second-order valence-electron chi connectivity index (χ2n) is 7.20. The number of aromatic amines is 1. The Hall–Kier alpha value is -2.99. The van der Waals surface area contributed by atoms with Crippen molar-refractivity contribution in [1.29, 1.82) is 5.26 Å². The second kappa shape index (κ2) is 10.9. The Morgan fingerprint density at radius 1 is 1.29 bits per heavy atom. The van der Waals surface area contributed by atoms with Gasteiger partial charge in [-0.1, -0.05) is 31.0 Å². The molecule has 31 heavy (non-hydrogen) atoms. The quantitative estimate of drug-likeness (QED) is 0.476. The molecular formula is C22H26N4O4S. The van der Waals surface area contributed by atoms with Crippen LogP contribution in [0.25, 0.3) is 11.3 Å². The molecule has 0 spiro atoms. The van der Waals surface area contributed by atoms with E-state index in [0.29, 0.717) is 28.8 Å². The zero-order chi connectivity index (χ0) is 22.2. The van der Waals surface area contributed by atoms with Crippen LogP contribution in [0.15, 0.2) is 28.2 Å². The molecule has 3 rings (SSSR count). The van der Waals surface area contributed by atoms with Gasteiger partial charge in [0.25, 0.3) is 11.5 Å². The van der Waals surface area contributed by atoms with E-state index in [2.05, 4.69) is 15.3 Å². The predicted octanol–water partition coefficient (Wildman–Crippen LogP) is 3.26. The fraction of sp³-hybridized carbons (Fsp3) is 0.455. The third-order valence-corrected chi connectivity index (χ3v) is 5.63. The molecule has 1 fully saturated rings. The van der Waals surface area contributed by atoms with Gasteiger partial charge in [0.1, 0.15) is 11.6 Å². The highest BCUT2D eigenvalue weighted by molar-refractivity contribution is 7.98. The van der Waals surface area contributed by atoms with Crippen molar-refractivity contribution >= 4 is 17.7 Å². The summed E-state index contributed by atoms with van der Waals surface area (Å²) in [6.07, 6.45) is 7.30. The normalized spacial score (nSPS) is 14.0. The minimum Gasteiger partial charge on any atom is -0.490 e. The number of hydrogen-bond donors (Lipinski definition) is 2. The van der Waals surface area contributed by atoms with Gasteiger partial charge >= 0.3 is 0 Å². The number of amides is 1. The summed E-state index contributed by atoms with van der Waals surface area (Å²) < 4.78 is 11.4. The number of nitrogens with one attached hydrogen (secondary N) is 2. The van der Waals surface area contributed by atoms with Crippen molar-refractivity contribution < 1.29 is 14.3 Å². The van der Waals surface area contributed by atoms with E-state index in [1.165, 1.54) is 18.2 Å². The Kier molecular flexibility index (Phi) is 7.95. The molecule has 164 valence electrons. The van der Waals surface area contributed by atoms with Gasteiger partial charge in [-0.3, -0.25) is 9.59 Å². The molecule has 1 aromatic heterocycles. The molecule has 1 aliphatic rings. The summed E-state index contributed by atoms with van der Waals surface area (Å²) in [5.41, 5.74) is 0.272. The van der Waals surface area contributed by atoms with Crippen LogP contribution in [0.4, 0.5) is 0 Å². The lowest BCUT2D eigenvalue weighted by Gasteiger charge is -2.22. The number of ether oxygens (including phenoxy) is 2. The van der Waals surface area contributed by atoms with E-state index in [1.54, 1.807) is 24.5 Å². The Bertz CT molecular complexity index is 1030. The molecule has 1 saturated carbocycles. The van der Waals surface area contributed by atoms with Gasteiger partial charge in [0.15, 0.2) is 23.3 Å². The van der Waals surface area contributed by atoms with Crippen molar-refractivity contribution in [3.8, 4) is 28.8 Å². The van der Waals surface area contributed by atoms with Gasteiger partial charge < -0.3 is 19.8 Å². The highest BCUT2D eigenvalue weighted by Gasteiger charge is 2.18. The largest absolute Gasteiger partial charge is 0.490 e. The summed E-state index contributed by atoms with van der Waals surface area (Å²) in [6.45, 7) is 2.11. The van der Waals surface area contributed by atoms with Crippen LogP contribution in [-0.4, -0.2) is 41.4 Å². The van der Waals surface area contributed by atoms with Crippen molar-refractivity contribution in [3.05, 3.63) is 34.1 Å². The highest BCUT2D eigenvalue weighted by Crippen LogP contribution is 2.33. The minimum absolute atomic E-state index is 0.0687. The number of carbonyl (C=O) groups is 1. The van der Waals surface area contributed by atoms with E-state index in [0.717, 1.165) is 25.7 Å². The van der Waals surface area contributed by atoms with Gasteiger partial charge in [0.05, 0.1) is 12.3 Å². The summed E-state index contributed by atoms with van der Waals surface area (Å²) in [5.74, 6) is 0.672. The zero-order valence-electron chi connectivity index (χ0n) is 17.7. The van der Waals surface area contributed by atoms with E-state index in [1.807, 2.05) is 13.0 Å². The summed E-state index contributed by atoms with van der Waals surface area (Å²) in [5, 5.41) is 12.8. The predicted molar refractivity (Wildman–Crippen MR) is 118 cm³/mol. The molecule has 0 bridgehead atoms. The van der Waals surface area contributed by atoms with Crippen LogP contribution in [0.5, 0.6) is 11.5 Å². The minimum atomic E-state index is -0.491. The van der Waals surface area contributed by atoms with Crippen LogP contribution in [0, 0.1) is 11.3 Å². The Balaban J connectivity index is 1.80. The molecule has 0 unspecified atom stereocenters. The lowest BCUT2D eigenvalue weighted by atomic mass is 9.95. The number of aromatic nitrogens is 2. The standard InChI is InChI=1S/C22H26N4O4S/c1-3-29-18-11-14(20-16(12-23)21(28)26-22(25-20)31-2)9-10-17(18)30-13-19(27)24-15-7-5-4-6-8-15/h9-11,15H,3-8,13H2,1-2H3,(H,24,27)(H,25,26,28). The summed E-state index contributed by atoms with van der Waals surface area (Å²) in [6, 6.07) is 7.17. The molecule has 0 aliphatic heterocycles. The molecule has 1 amide bonds. The molecule has 1 aromatic carbocycles. The van der Waals surface area contributed by atoms with Crippen molar-refractivity contribution in [2.24, 2.45) is 0 Å². The van der Waals surface area contributed by atoms with Crippen LogP contribution in [0.2, 0.25) is 0 Å². The van der Waals surface area contributed by atoms with Crippen molar-refractivity contribution in [1.82, 2.24) is 15.3 Å². The number of carbonyl (C=O) groups excluding carboxylic acids is 1. The lowest BCUT2D eigenvalue weighted by molar-refractivity contribution is -0.124. The van der Waals surface area contributed by atoms with Crippen molar-refractivity contribution in [2.75, 3.05) is 19.5 Å². The molecule has 9 heteroatoms. The lowest BCUT2D eigenvalue weighted by Crippen LogP contribution is -2.39. The van der Waals surface area contributed by atoms with Crippen LogP contribution in [0.1, 0.15) is 44.6 Å². The van der Waals surface area contributed by atoms with Gasteiger partial charge in [-0.15, -0.1) is 0 Å². The molecule has 2 N–H and O–H groups in total. The molecular weight excluding hydrogens is 416 g/mol. The number of benzene rings is 1.